The Bertz CT molecular complexity index is 240. The quantitative estimate of drug-likeness (QED) is 0.646. The van der Waals surface area contributed by atoms with Crippen LogP contribution in [0.25, 0.3) is 0 Å². The number of rotatable bonds is 2. The topological polar surface area (TPSA) is 20.2 Å². The largest absolute Gasteiger partial charge is 0.508 e. The summed E-state index contributed by atoms with van der Waals surface area (Å²) in [7, 11) is 0. The maximum absolute atomic E-state index is 12.8. The van der Waals surface area contributed by atoms with Crippen LogP contribution in [0.1, 0.15) is 11.7 Å². The van der Waals surface area contributed by atoms with Crippen molar-refractivity contribution in [1.29, 1.82) is 0 Å². The molecule has 0 amide bonds. The monoisotopic (exact) mass is 152 g/mol. The molecule has 11 heavy (non-hydrogen) atoms. The van der Waals surface area contributed by atoms with Crippen molar-refractivity contribution in [2.75, 3.05) is 0 Å². The molecule has 0 heterocycles. The van der Waals surface area contributed by atoms with Crippen molar-refractivity contribution in [3.8, 4) is 5.75 Å². The van der Waals surface area contributed by atoms with Crippen molar-refractivity contribution in [1.82, 2.24) is 0 Å². The van der Waals surface area contributed by atoms with Gasteiger partial charge >= 0.3 is 0 Å². The summed E-state index contributed by atoms with van der Waals surface area (Å²) >= 11 is 0. The lowest BCUT2D eigenvalue weighted by Crippen LogP contribution is -1.84. The highest BCUT2D eigenvalue weighted by atomic mass is 19.1. The molecule has 1 atom stereocenters. The first-order chi connectivity index (χ1) is 5.24. The summed E-state index contributed by atoms with van der Waals surface area (Å²) in [4.78, 5) is 0. The third-order valence-corrected chi connectivity index (χ3v) is 1.42. The molecule has 1 nitrogen and oxygen atoms in total. The van der Waals surface area contributed by atoms with Gasteiger partial charge < -0.3 is 5.11 Å². The number of hydrogen-bond acceptors (Lipinski definition) is 1. The van der Waals surface area contributed by atoms with Gasteiger partial charge in [-0.15, -0.1) is 0 Å². The van der Waals surface area contributed by atoms with E-state index in [1.807, 2.05) is 0 Å². The van der Waals surface area contributed by atoms with Gasteiger partial charge in [-0.25, -0.2) is 4.39 Å². The van der Waals surface area contributed by atoms with Gasteiger partial charge in [0.15, 0.2) is 0 Å². The van der Waals surface area contributed by atoms with E-state index in [0.717, 1.165) is 0 Å². The predicted octanol–water partition coefficient (Wildman–Crippen LogP) is 2.59. The molecule has 0 aliphatic rings. The molecule has 0 aliphatic carbocycles. The molecule has 0 saturated heterocycles. The molecule has 0 radical (unpaired) electrons. The van der Waals surface area contributed by atoms with Gasteiger partial charge in [-0.05, 0) is 17.7 Å². The summed E-state index contributed by atoms with van der Waals surface area (Å²) in [5.41, 5.74) is 0.512. The van der Waals surface area contributed by atoms with Crippen LogP contribution in [0.4, 0.5) is 4.39 Å². The molecule has 2 heteroatoms. The fourth-order valence-corrected chi connectivity index (χ4v) is 0.794. The Kier molecular flexibility index (Phi) is 2.26. The summed E-state index contributed by atoms with van der Waals surface area (Å²) in [6, 6.07) is 5.96. The Hall–Kier alpha value is -1.31. The molecular weight excluding hydrogens is 143 g/mol. The molecule has 1 N–H and O–H groups in total. The van der Waals surface area contributed by atoms with E-state index in [0.29, 0.717) is 5.56 Å². The van der Waals surface area contributed by atoms with Crippen molar-refractivity contribution in [3.63, 3.8) is 0 Å². The molecule has 1 aromatic rings. The summed E-state index contributed by atoms with van der Waals surface area (Å²) in [6.45, 7) is 3.32. The third kappa shape index (κ3) is 1.80. The highest BCUT2D eigenvalue weighted by molar-refractivity contribution is 5.28. The number of phenols is 1. The van der Waals surface area contributed by atoms with Crippen molar-refractivity contribution in [2.45, 2.75) is 6.17 Å². The van der Waals surface area contributed by atoms with E-state index in [-0.39, 0.29) is 5.75 Å². The highest BCUT2D eigenvalue weighted by Gasteiger charge is 2.02. The second-order valence-electron chi connectivity index (χ2n) is 2.23. The maximum atomic E-state index is 12.8. The average Bonchev–Trinajstić information content (AvgIpc) is 2.05. The molecule has 58 valence electrons. The van der Waals surface area contributed by atoms with Crippen molar-refractivity contribution < 1.29 is 9.50 Å². The molecule has 1 aromatic carbocycles. The zero-order chi connectivity index (χ0) is 8.27. The van der Waals surface area contributed by atoms with Gasteiger partial charge in [0.25, 0.3) is 0 Å². The van der Waals surface area contributed by atoms with Crippen LogP contribution in [0.3, 0.4) is 0 Å². The Morgan fingerprint density at radius 3 is 2.36 bits per heavy atom. The van der Waals surface area contributed by atoms with Crippen LogP contribution in [-0.4, -0.2) is 5.11 Å². The minimum Gasteiger partial charge on any atom is -0.508 e. The SMILES string of the molecule is C=CC(F)c1ccc(O)cc1. The minimum absolute atomic E-state index is 0.144. The Morgan fingerprint density at radius 1 is 1.36 bits per heavy atom. The van der Waals surface area contributed by atoms with E-state index in [9.17, 15) is 4.39 Å². The van der Waals surface area contributed by atoms with E-state index in [2.05, 4.69) is 6.58 Å². The van der Waals surface area contributed by atoms with Gasteiger partial charge in [0.05, 0.1) is 0 Å². The molecule has 0 fully saturated rings. The summed E-state index contributed by atoms with van der Waals surface area (Å²) in [5, 5.41) is 8.86. The fraction of sp³-hybridized carbons (Fsp3) is 0.111. The molecule has 1 unspecified atom stereocenters. The standard InChI is InChI=1S/C9H9FO/c1-2-9(10)7-3-5-8(11)6-4-7/h2-6,9,11H,1H2. The lowest BCUT2D eigenvalue weighted by Gasteiger charge is -2.01. The smallest absolute Gasteiger partial charge is 0.143 e. The molecule has 1 rings (SSSR count). The Labute approximate surface area is 64.8 Å². The minimum atomic E-state index is -1.14. The van der Waals surface area contributed by atoms with Crippen LogP contribution in [0.15, 0.2) is 36.9 Å². The number of phenolic OH excluding ortho intramolecular Hbond substituents is 1. The second-order valence-corrected chi connectivity index (χ2v) is 2.23. The van der Waals surface area contributed by atoms with Crippen LogP contribution in [0.5, 0.6) is 5.75 Å². The summed E-state index contributed by atoms with van der Waals surface area (Å²) in [5.74, 6) is 0.144. The summed E-state index contributed by atoms with van der Waals surface area (Å²) < 4.78 is 12.8. The Morgan fingerprint density at radius 2 is 1.91 bits per heavy atom. The zero-order valence-electron chi connectivity index (χ0n) is 6.00. The maximum Gasteiger partial charge on any atom is 0.143 e. The van der Waals surface area contributed by atoms with Gasteiger partial charge in [-0.2, -0.15) is 0 Å². The van der Waals surface area contributed by atoms with Gasteiger partial charge in [-0.3, -0.25) is 0 Å². The number of alkyl halides is 1. The number of halogens is 1. The van der Waals surface area contributed by atoms with E-state index < -0.39 is 6.17 Å². The first kappa shape index (κ1) is 7.79. The number of hydrogen-bond donors (Lipinski definition) is 1. The fourth-order valence-electron chi connectivity index (χ4n) is 0.794. The number of benzene rings is 1. The predicted molar refractivity (Wildman–Crippen MR) is 42.2 cm³/mol. The van der Waals surface area contributed by atoms with Crippen molar-refractivity contribution >= 4 is 0 Å². The lowest BCUT2D eigenvalue weighted by molar-refractivity contribution is 0.414. The molecule has 0 aromatic heterocycles. The Balaban J connectivity index is 2.89. The molecule has 0 aliphatic heterocycles. The second kappa shape index (κ2) is 3.19. The van der Waals surface area contributed by atoms with Gasteiger partial charge in [-0.1, -0.05) is 24.8 Å². The van der Waals surface area contributed by atoms with E-state index in [1.54, 1.807) is 0 Å². The van der Waals surface area contributed by atoms with Crippen LogP contribution in [0, 0.1) is 0 Å². The molecule has 0 spiro atoms. The molecule has 0 bridgehead atoms. The van der Waals surface area contributed by atoms with Crippen molar-refractivity contribution in [3.05, 3.63) is 42.5 Å². The van der Waals surface area contributed by atoms with Gasteiger partial charge in [0.2, 0.25) is 0 Å². The van der Waals surface area contributed by atoms with E-state index in [4.69, 9.17) is 5.11 Å². The van der Waals surface area contributed by atoms with Crippen LogP contribution >= 0.6 is 0 Å². The zero-order valence-corrected chi connectivity index (χ0v) is 6.00. The van der Waals surface area contributed by atoms with E-state index >= 15 is 0 Å². The number of allylic oxidation sites excluding steroid dienone is 1. The third-order valence-electron chi connectivity index (χ3n) is 1.42. The van der Waals surface area contributed by atoms with Crippen LogP contribution in [0.2, 0.25) is 0 Å². The van der Waals surface area contributed by atoms with Gasteiger partial charge in [0, 0.05) is 0 Å². The average molecular weight is 152 g/mol. The molecule has 0 saturated carbocycles. The van der Waals surface area contributed by atoms with E-state index in [1.165, 1.54) is 30.3 Å². The van der Waals surface area contributed by atoms with Crippen LogP contribution < -0.4 is 0 Å². The lowest BCUT2D eigenvalue weighted by atomic mass is 10.1. The van der Waals surface area contributed by atoms with Gasteiger partial charge in [0.1, 0.15) is 11.9 Å². The number of aromatic hydroxyl groups is 1. The molecular formula is C9H9FO. The highest BCUT2D eigenvalue weighted by Crippen LogP contribution is 2.20. The summed E-state index contributed by atoms with van der Waals surface area (Å²) in [6.07, 6.45) is 0.0717. The first-order valence-electron chi connectivity index (χ1n) is 3.29. The van der Waals surface area contributed by atoms with Crippen LogP contribution in [-0.2, 0) is 0 Å². The normalized spacial score (nSPS) is 12.5. The first-order valence-corrected chi connectivity index (χ1v) is 3.29. The van der Waals surface area contributed by atoms with Crippen molar-refractivity contribution in [2.24, 2.45) is 0 Å².